The number of nitrogens with one attached hydrogen (secondary N) is 1. The van der Waals surface area contributed by atoms with Gasteiger partial charge in [0.05, 0.1) is 23.7 Å². The number of aromatic nitrogens is 8. The van der Waals surface area contributed by atoms with Crippen LogP contribution in [-0.2, 0) is 17.8 Å². The van der Waals surface area contributed by atoms with Crippen molar-refractivity contribution in [3.8, 4) is 22.8 Å². The summed E-state index contributed by atoms with van der Waals surface area (Å²) in [7, 11) is 0. The number of nitrogens with zero attached hydrogens (tertiary/aromatic N) is 10. The minimum Gasteiger partial charge on any atom is -0.457 e. The summed E-state index contributed by atoms with van der Waals surface area (Å²) in [5.41, 5.74) is 12.5. The van der Waals surface area contributed by atoms with Crippen LogP contribution >= 0.6 is 0 Å². The summed E-state index contributed by atoms with van der Waals surface area (Å²) >= 11 is 0. The van der Waals surface area contributed by atoms with Crippen molar-refractivity contribution in [3.05, 3.63) is 124 Å². The number of hydrogen-bond donors (Lipinski definition) is 3. The highest BCUT2D eigenvalue weighted by Gasteiger charge is 2.33. The topological polar surface area (TPSA) is 187 Å². The summed E-state index contributed by atoms with van der Waals surface area (Å²) in [5, 5.41) is 23.9. The fourth-order valence-electron chi connectivity index (χ4n) is 9.63. The van der Waals surface area contributed by atoms with E-state index in [2.05, 4.69) is 27.1 Å². The average molecular weight is 891 g/mol. The number of carbonyl (C=O) groups is 1. The van der Waals surface area contributed by atoms with Crippen LogP contribution in [0.3, 0.4) is 0 Å². The summed E-state index contributed by atoms with van der Waals surface area (Å²) in [5.74, 6) is 3.29. The Bertz CT molecular complexity index is 2940. The van der Waals surface area contributed by atoms with Gasteiger partial charge in [0.15, 0.2) is 11.3 Å². The van der Waals surface area contributed by atoms with Gasteiger partial charge < -0.3 is 35.3 Å². The first-order valence-corrected chi connectivity index (χ1v) is 23.1. The minimum absolute atomic E-state index is 0.114. The maximum absolute atomic E-state index is 14.7. The van der Waals surface area contributed by atoms with Crippen molar-refractivity contribution in [2.24, 2.45) is 0 Å². The lowest BCUT2D eigenvalue weighted by atomic mass is 9.98. The third-order valence-corrected chi connectivity index (χ3v) is 13.0. The molecule has 16 nitrogen and oxygen atoms in total. The first kappa shape index (κ1) is 44.1. The number of benzene rings is 2. The van der Waals surface area contributed by atoms with Gasteiger partial charge in [-0.15, -0.1) is 0 Å². The number of aryl methyl sites for hydroxylation is 1. The molecule has 2 saturated heterocycles. The standard InChI is InChI=1S/C50H58N12O4/c1-5-35-28-55-62-41(26-42(56-48(35)62)59-24-10-9-12-37(59)22-25-63)52-27-34-16-21-43(64)60(29-34)33(4)44(32(2)3)50(65)58-23-11-13-38(30-58)61-49-45(47(51)53-31-54-49)46(57-61)36-17-19-40(20-18-36)66-39-14-7-6-8-15-39/h6-8,14-21,26,28-29,31,33,37-38,52,63H,5,9-13,22-25,27,30H2,1-4H3,(H2,51,53,54)/t33?,37-,38+/m0/s1. The summed E-state index contributed by atoms with van der Waals surface area (Å²) in [6, 6.07) is 22.2. The van der Waals surface area contributed by atoms with Crippen LogP contribution in [0.1, 0.15) is 89.4 Å². The molecule has 0 aliphatic carbocycles. The molecule has 0 saturated carbocycles. The van der Waals surface area contributed by atoms with E-state index in [-0.39, 0.29) is 30.2 Å². The molecule has 0 radical (unpaired) electrons. The molecule has 5 aromatic heterocycles. The third-order valence-electron chi connectivity index (χ3n) is 13.0. The Morgan fingerprint density at radius 2 is 1.77 bits per heavy atom. The van der Waals surface area contributed by atoms with Gasteiger partial charge in [0.1, 0.15) is 41.0 Å². The molecule has 4 N–H and O–H groups in total. The van der Waals surface area contributed by atoms with Crippen molar-refractivity contribution in [1.29, 1.82) is 0 Å². The Hall–Kier alpha value is -7.07. The molecular weight excluding hydrogens is 833 g/mol. The van der Waals surface area contributed by atoms with E-state index in [1.54, 1.807) is 10.6 Å². The van der Waals surface area contributed by atoms with E-state index in [9.17, 15) is 14.7 Å². The number of amides is 1. The molecule has 1 unspecified atom stereocenters. The molecular formula is C50H58N12O4. The van der Waals surface area contributed by atoms with E-state index in [0.29, 0.717) is 59.9 Å². The fraction of sp³-hybridized carbons (Fsp3) is 0.380. The molecule has 2 aromatic carbocycles. The predicted octanol–water partition coefficient (Wildman–Crippen LogP) is 7.75. The van der Waals surface area contributed by atoms with Crippen molar-refractivity contribution < 1.29 is 14.6 Å². The summed E-state index contributed by atoms with van der Waals surface area (Å²) in [6.45, 7) is 10.3. The van der Waals surface area contributed by atoms with Crippen molar-refractivity contribution in [2.75, 3.05) is 42.2 Å². The van der Waals surface area contributed by atoms with Gasteiger partial charge in [-0.1, -0.05) is 36.8 Å². The first-order valence-electron chi connectivity index (χ1n) is 23.1. The van der Waals surface area contributed by atoms with Crippen molar-refractivity contribution >= 4 is 40.0 Å². The van der Waals surface area contributed by atoms with Gasteiger partial charge in [0, 0.05) is 73.9 Å². The number of ether oxygens (including phenoxy) is 1. The van der Waals surface area contributed by atoms with E-state index < -0.39 is 6.04 Å². The quantitative estimate of drug-likeness (QED) is 0.0903. The average Bonchev–Trinajstić information content (AvgIpc) is 3.95. The number of carbonyl (C=O) groups excluding carboxylic acids is 1. The predicted molar refractivity (Wildman–Crippen MR) is 257 cm³/mol. The Labute approximate surface area is 383 Å². The largest absolute Gasteiger partial charge is 0.457 e. The van der Waals surface area contributed by atoms with E-state index in [1.165, 1.54) is 6.33 Å². The number of likely N-dealkylation sites (tertiary alicyclic amines) is 1. The number of anilines is 3. The van der Waals surface area contributed by atoms with Crippen molar-refractivity contribution in [2.45, 2.75) is 97.3 Å². The number of para-hydroxylation sites is 1. The zero-order valence-corrected chi connectivity index (χ0v) is 38.1. The first-order chi connectivity index (χ1) is 32.1. The van der Waals surface area contributed by atoms with Crippen LogP contribution in [0.4, 0.5) is 17.5 Å². The molecule has 3 atom stereocenters. The number of allylic oxidation sites excluding steroid dienone is 1. The summed E-state index contributed by atoms with van der Waals surface area (Å²) in [6.07, 6.45) is 11.4. The molecule has 66 heavy (non-hydrogen) atoms. The van der Waals surface area contributed by atoms with Gasteiger partial charge in [0.25, 0.3) is 11.5 Å². The number of fused-ring (bicyclic) bond motifs is 2. The number of rotatable bonds is 14. The van der Waals surface area contributed by atoms with Crippen LogP contribution in [0.2, 0.25) is 0 Å². The number of piperidine rings is 2. The molecule has 16 heteroatoms. The number of aliphatic hydroxyl groups excluding tert-OH is 1. The maximum Gasteiger partial charge on any atom is 0.251 e. The summed E-state index contributed by atoms with van der Waals surface area (Å²) in [4.78, 5) is 46.6. The lowest BCUT2D eigenvalue weighted by Crippen LogP contribution is -2.43. The number of aliphatic hydroxyl groups is 1. The second kappa shape index (κ2) is 19.2. The molecule has 2 fully saturated rings. The number of nitrogen functional groups attached to an aromatic ring is 1. The molecule has 0 bridgehead atoms. The van der Waals surface area contributed by atoms with Gasteiger partial charge in [-0.3, -0.25) is 9.59 Å². The Balaban J connectivity index is 0.942. The van der Waals surface area contributed by atoms with Crippen LogP contribution in [-0.4, -0.2) is 87.1 Å². The molecule has 2 aliphatic heterocycles. The third kappa shape index (κ3) is 8.84. The Kier molecular flexibility index (Phi) is 12.8. The molecule has 9 rings (SSSR count). The highest BCUT2D eigenvalue weighted by molar-refractivity contribution is 5.98. The normalized spacial score (nSPS) is 17.0. The Morgan fingerprint density at radius 3 is 2.55 bits per heavy atom. The van der Waals surface area contributed by atoms with Crippen LogP contribution < -0.4 is 26.2 Å². The highest BCUT2D eigenvalue weighted by atomic mass is 16.5. The van der Waals surface area contributed by atoms with Crippen LogP contribution in [0.25, 0.3) is 27.9 Å². The number of nitrogens with two attached hydrogens (primary N) is 1. The molecule has 7 aromatic rings. The van der Waals surface area contributed by atoms with E-state index in [4.69, 9.17) is 25.7 Å². The highest BCUT2D eigenvalue weighted by Crippen LogP contribution is 2.36. The Morgan fingerprint density at radius 1 is 0.970 bits per heavy atom. The van der Waals surface area contributed by atoms with Crippen LogP contribution in [0.5, 0.6) is 11.5 Å². The number of hydrogen-bond acceptors (Lipinski definition) is 12. The van der Waals surface area contributed by atoms with E-state index in [1.807, 2.05) is 114 Å². The second-order valence-electron chi connectivity index (χ2n) is 17.6. The SMILES string of the molecule is CCc1cnn2c(NCc3ccc(=O)n(C(C)C(C(=O)N4CCC[C@@H](n5nc(-c6ccc(Oc7ccccc7)cc6)c6c(N)ncnc65)C4)=C(C)C)c3)cc(N3CCCC[C@H]3CCO)nc12. The summed E-state index contributed by atoms with van der Waals surface area (Å²) < 4.78 is 11.4. The minimum atomic E-state index is -0.547. The van der Waals surface area contributed by atoms with Crippen LogP contribution in [0, 0.1) is 0 Å². The molecule has 342 valence electrons. The van der Waals surface area contributed by atoms with E-state index in [0.717, 1.165) is 90.4 Å². The van der Waals surface area contributed by atoms with Gasteiger partial charge in [-0.05, 0) is 108 Å². The van der Waals surface area contributed by atoms with Gasteiger partial charge in [-0.2, -0.15) is 14.7 Å². The van der Waals surface area contributed by atoms with Crippen LogP contribution in [0.15, 0.2) is 107 Å². The zero-order valence-electron chi connectivity index (χ0n) is 38.1. The second-order valence-corrected chi connectivity index (χ2v) is 17.6. The fourth-order valence-corrected chi connectivity index (χ4v) is 9.63. The maximum atomic E-state index is 14.7. The lowest BCUT2D eigenvalue weighted by Gasteiger charge is -2.36. The van der Waals surface area contributed by atoms with Gasteiger partial charge in [-0.25, -0.2) is 19.6 Å². The van der Waals surface area contributed by atoms with Crippen molar-refractivity contribution in [1.82, 2.24) is 43.8 Å². The lowest BCUT2D eigenvalue weighted by molar-refractivity contribution is -0.129. The van der Waals surface area contributed by atoms with Gasteiger partial charge in [0.2, 0.25) is 0 Å². The molecule has 7 heterocycles. The molecule has 2 aliphatic rings. The number of pyridine rings is 1. The molecule has 0 spiro atoms. The van der Waals surface area contributed by atoms with E-state index >= 15 is 0 Å². The molecule has 1 amide bonds. The van der Waals surface area contributed by atoms with Crippen molar-refractivity contribution in [3.63, 3.8) is 0 Å². The monoisotopic (exact) mass is 890 g/mol. The zero-order chi connectivity index (χ0) is 45.9. The van der Waals surface area contributed by atoms with Gasteiger partial charge >= 0.3 is 0 Å². The smallest absolute Gasteiger partial charge is 0.251 e.